The highest BCUT2D eigenvalue weighted by molar-refractivity contribution is 5.80. The van der Waals surface area contributed by atoms with E-state index in [1.54, 1.807) is 14.2 Å². The topological polar surface area (TPSA) is 83.0 Å². The Hall–Kier alpha value is -2.87. The second-order valence-electron chi connectivity index (χ2n) is 8.34. The predicted octanol–water partition coefficient (Wildman–Crippen LogP) is 2.73. The average Bonchev–Trinajstić information content (AvgIpc) is 2.84. The van der Waals surface area contributed by atoms with Crippen molar-refractivity contribution in [3.63, 3.8) is 0 Å². The second-order valence-corrected chi connectivity index (χ2v) is 8.34. The zero-order valence-electron chi connectivity index (χ0n) is 19.2. The number of aromatic nitrogens is 2. The van der Waals surface area contributed by atoms with Gasteiger partial charge in [0.15, 0.2) is 0 Å². The number of hydrogen-bond donors (Lipinski definition) is 0. The largest absolute Gasteiger partial charge is 0.497 e. The Labute approximate surface area is 188 Å². The maximum atomic E-state index is 13.7. The van der Waals surface area contributed by atoms with Crippen molar-refractivity contribution >= 4 is 5.91 Å². The van der Waals surface area contributed by atoms with Gasteiger partial charge in [0.1, 0.15) is 5.75 Å². The van der Waals surface area contributed by atoms with Crippen molar-refractivity contribution in [3.8, 4) is 17.6 Å². The van der Waals surface area contributed by atoms with E-state index in [0.29, 0.717) is 29.6 Å². The number of aryl methyl sites for hydroxylation is 1. The maximum absolute atomic E-state index is 13.7. The van der Waals surface area contributed by atoms with Crippen LogP contribution >= 0.6 is 0 Å². The molecule has 8 heteroatoms. The van der Waals surface area contributed by atoms with E-state index in [1.165, 1.54) is 12.7 Å². The first-order chi connectivity index (χ1) is 15.5. The lowest BCUT2D eigenvalue weighted by atomic mass is 9.82. The normalized spacial score (nSPS) is 18.8. The van der Waals surface area contributed by atoms with Gasteiger partial charge in [0.2, 0.25) is 11.8 Å². The van der Waals surface area contributed by atoms with Crippen molar-refractivity contribution in [2.24, 2.45) is 5.92 Å². The van der Waals surface area contributed by atoms with Gasteiger partial charge in [-0.15, -0.1) is 0 Å². The van der Waals surface area contributed by atoms with Crippen molar-refractivity contribution in [2.45, 2.75) is 45.2 Å². The molecule has 0 bridgehead atoms. The van der Waals surface area contributed by atoms with Crippen molar-refractivity contribution in [2.75, 3.05) is 34.5 Å². The Morgan fingerprint density at radius 2 is 1.88 bits per heavy atom. The van der Waals surface area contributed by atoms with Gasteiger partial charge in [-0.05, 0) is 55.4 Å². The third kappa shape index (κ3) is 4.50. The highest BCUT2D eigenvalue weighted by atomic mass is 16.5. The number of rotatable bonds is 6. The molecule has 4 rings (SSSR count). The number of amides is 1. The van der Waals surface area contributed by atoms with Crippen LogP contribution in [0.25, 0.3) is 0 Å². The van der Waals surface area contributed by atoms with E-state index in [0.717, 1.165) is 43.8 Å². The zero-order valence-corrected chi connectivity index (χ0v) is 19.2. The van der Waals surface area contributed by atoms with Gasteiger partial charge in [-0.25, -0.2) is 4.98 Å². The van der Waals surface area contributed by atoms with E-state index in [1.807, 2.05) is 17.9 Å². The predicted molar refractivity (Wildman–Crippen MR) is 118 cm³/mol. The molecule has 1 amide bonds. The number of methoxy groups -OCH3 is 3. The smallest absolute Gasteiger partial charge is 0.319 e. The highest BCUT2D eigenvalue weighted by Gasteiger charge is 2.36. The molecular formula is C24H31N3O5. The number of hydrogen-bond acceptors (Lipinski definition) is 7. The minimum absolute atomic E-state index is 0.0538. The van der Waals surface area contributed by atoms with Crippen LogP contribution in [0.3, 0.4) is 0 Å². The molecule has 3 heterocycles. The van der Waals surface area contributed by atoms with Gasteiger partial charge < -0.3 is 23.8 Å². The summed E-state index contributed by atoms with van der Waals surface area (Å²) >= 11 is 0. The van der Waals surface area contributed by atoms with Crippen LogP contribution in [0.5, 0.6) is 17.6 Å². The molecule has 1 fully saturated rings. The molecule has 2 aromatic rings. The first kappa shape index (κ1) is 22.3. The van der Waals surface area contributed by atoms with Gasteiger partial charge in [0.25, 0.3) is 0 Å². The van der Waals surface area contributed by atoms with Crippen LogP contribution < -0.4 is 14.2 Å². The Kier molecular flexibility index (Phi) is 6.79. The molecule has 8 nitrogen and oxygen atoms in total. The van der Waals surface area contributed by atoms with E-state index in [2.05, 4.69) is 22.1 Å². The van der Waals surface area contributed by atoms with Crippen LogP contribution in [-0.2, 0) is 28.9 Å². The number of fused-ring (bicyclic) bond motifs is 1. The third-order valence-electron chi connectivity index (χ3n) is 6.57. The van der Waals surface area contributed by atoms with Crippen molar-refractivity contribution in [3.05, 3.63) is 40.6 Å². The molecule has 0 radical (unpaired) electrons. The van der Waals surface area contributed by atoms with Crippen LogP contribution in [0, 0.1) is 12.8 Å². The number of carbonyl (C=O) groups excluding carboxylic acids is 1. The molecule has 1 aromatic carbocycles. The van der Waals surface area contributed by atoms with Gasteiger partial charge in [-0.1, -0.05) is 6.07 Å². The van der Waals surface area contributed by atoms with Crippen LogP contribution in [0.4, 0.5) is 0 Å². The van der Waals surface area contributed by atoms with E-state index < -0.39 is 0 Å². The lowest BCUT2D eigenvalue weighted by Gasteiger charge is -2.42. The minimum atomic E-state index is 0.0538. The fourth-order valence-electron chi connectivity index (χ4n) is 4.77. The SMILES string of the molecule is COc1ccc2c(c1)C[C@H](C1CCOCC1)N(C(=O)Cc1c(C)nc(OC)nc1OC)C2. The molecule has 32 heavy (non-hydrogen) atoms. The van der Waals surface area contributed by atoms with Crippen molar-refractivity contribution in [1.29, 1.82) is 0 Å². The van der Waals surface area contributed by atoms with Crippen molar-refractivity contribution < 1.29 is 23.7 Å². The summed E-state index contributed by atoms with van der Waals surface area (Å²) in [4.78, 5) is 24.3. The number of benzene rings is 1. The quantitative estimate of drug-likeness (QED) is 0.682. The van der Waals surface area contributed by atoms with Crippen LogP contribution in [-0.4, -0.2) is 61.4 Å². The molecule has 172 valence electrons. The number of nitrogens with zero attached hydrogens (tertiary/aromatic N) is 3. The summed E-state index contributed by atoms with van der Waals surface area (Å²) in [5.74, 6) is 1.69. The Morgan fingerprint density at radius 1 is 1.09 bits per heavy atom. The first-order valence-electron chi connectivity index (χ1n) is 11.0. The summed E-state index contributed by atoms with van der Waals surface area (Å²) in [6, 6.07) is 6.49. The molecule has 0 saturated carbocycles. The minimum Gasteiger partial charge on any atom is -0.497 e. The molecule has 0 aliphatic carbocycles. The number of ether oxygens (including phenoxy) is 4. The Bertz CT molecular complexity index is 974. The summed E-state index contributed by atoms with van der Waals surface area (Å²) in [6.07, 6.45) is 2.92. The third-order valence-corrected chi connectivity index (χ3v) is 6.57. The number of carbonyl (C=O) groups is 1. The van der Waals surface area contributed by atoms with E-state index in [9.17, 15) is 4.79 Å². The van der Waals surface area contributed by atoms with Gasteiger partial charge in [-0.2, -0.15) is 4.98 Å². The summed E-state index contributed by atoms with van der Waals surface area (Å²) in [5.41, 5.74) is 3.81. The molecule has 0 spiro atoms. The van der Waals surface area contributed by atoms with Crippen LogP contribution in [0.15, 0.2) is 18.2 Å². The molecule has 1 saturated heterocycles. The van der Waals surface area contributed by atoms with Crippen LogP contribution in [0.2, 0.25) is 0 Å². The monoisotopic (exact) mass is 441 g/mol. The fraction of sp³-hybridized carbons (Fsp3) is 0.542. The standard InChI is InChI=1S/C24H31N3O5/c1-15-20(23(30-3)26-24(25-15)31-4)13-22(28)27-14-17-5-6-19(29-2)11-18(17)12-21(27)16-7-9-32-10-8-16/h5-6,11,16,21H,7-10,12-14H2,1-4H3/t21-/m1/s1. The lowest BCUT2D eigenvalue weighted by Crippen LogP contribution is -2.50. The highest BCUT2D eigenvalue weighted by Crippen LogP contribution is 2.34. The second kappa shape index (κ2) is 9.73. The average molecular weight is 442 g/mol. The van der Waals surface area contributed by atoms with E-state index in [4.69, 9.17) is 18.9 Å². The molecule has 0 N–H and O–H groups in total. The molecule has 2 aliphatic heterocycles. The molecule has 0 unspecified atom stereocenters. The van der Waals surface area contributed by atoms with Gasteiger partial charge in [0, 0.05) is 31.4 Å². The molecule has 2 aliphatic rings. The fourth-order valence-corrected chi connectivity index (χ4v) is 4.77. The van der Waals surface area contributed by atoms with Gasteiger partial charge >= 0.3 is 6.01 Å². The summed E-state index contributed by atoms with van der Waals surface area (Å²) in [6.45, 7) is 3.92. The summed E-state index contributed by atoms with van der Waals surface area (Å²) < 4.78 is 21.6. The summed E-state index contributed by atoms with van der Waals surface area (Å²) in [7, 11) is 4.74. The van der Waals surface area contributed by atoms with E-state index >= 15 is 0 Å². The molecule has 1 aromatic heterocycles. The van der Waals surface area contributed by atoms with Crippen LogP contribution in [0.1, 0.15) is 35.2 Å². The molecule has 1 atom stereocenters. The van der Waals surface area contributed by atoms with E-state index in [-0.39, 0.29) is 24.4 Å². The summed E-state index contributed by atoms with van der Waals surface area (Å²) in [5, 5.41) is 0. The van der Waals surface area contributed by atoms with Gasteiger partial charge in [0.05, 0.1) is 33.4 Å². The maximum Gasteiger partial charge on any atom is 0.319 e. The zero-order chi connectivity index (χ0) is 22.7. The first-order valence-corrected chi connectivity index (χ1v) is 11.0. The Morgan fingerprint density at radius 3 is 2.56 bits per heavy atom. The molecular weight excluding hydrogens is 410 g/mol. The lowest BCUT2D eigenvalue weighted by molar-refractivity contribution is -0.136. The Balaban J connectivity index is 1.64. The van der Waals surface area contributed by atoms with Crippen molar-refractivity contribution in [1.82, 2.24) is 14.9 Å². The van der Waals surface area contributed by atoms with Gasteiger partial charge in [-0.3, -0.25) is 4.79 Å².